The molecule has 0 heterocycles. The van der Waals surface area contributed by atoms with Crippen LogP contribution in [0.4, 0.5) is 0 Å². The van der Waals surface area contributed by atoms with Gasteiger partial charge in [-0.3, -0.25) is 4.65 Å². The predicted octanol–water partition coefficient (Wildman–Crippen LogP) is -0.0891. The van der Waals surface area contributed by atoms with Crippen LogP contribution in [0, 0.1) is 0 Å². The minimum Gasteiger partial charge on any atom is -0.365 e. The van der Waals surface area contributed by atoms with Crippen molar-refractivity contribution in [2.75, 3.05) is 40.6 Å². The summed E-state index contributed by atoms with van der Waals surface area (Å²) in [5.74, 6) is 0. The molecule has 1 aromatic carbocycles. The first-order valence-corrected chi connectivity index (χ1v) is 11.7. The third-order valence-corrected chi connectivity index (χ3v) is 12.1. The van der Waals surface area contributed by atoms with Crippen molar-refractivity contribution >= 4 is 22.4 Å². The molecule has 0 amide bonds. The second-order valence-corrected chi connectivity index (χ2v) is 12.2. The van der Waals surface area contributed by atoms with Crippen LogP contribution in [-0.4, -0.2) is 57.8 Å². The maximum atomic E-state index is 5.61. The number of rotatable bonds is 11. The summed E-state index contributed by atoms with van der Waals surface area (Å²) in [6.07, 6.45) is 0.843. The molecule has 4 N–H and O–H groups in total. The van der Waals surface area contributed by atoms with Crippen LogP contribution in [0.1, 0.15) is 6.92 Å². The molecular formula is C14H29N3O3Si2. The first-order chi connectivity index (χ1) is 10.6. The fraction of sp³-hybridized carbons (Fsp3) is 0.571. The van der Waals surface area contributed by atoms with Gasteiger partial charge in [-0.2, -0.15) is 0 Å². The molecule has 0 aliphatic rings. The lowest BCUT2D eigenvalue weighted by Gasteiger charge is -2.38. The van der Waals surface area contributed by atoms with Crippen molar-refractivity contribution in [1.29, 1.82) is 0 Å². The number of benzene rings is 1. The van der Waals surface area contributed by atoms with Gasteiger partial charge in [-0.05, 0) is 11.2 Å². The Bertz CT molecular complexity index is 413. The molecule has 0 saturated carbocycles. The molecule has 0 bridgehead atoms. The van der Waals surface area contributed by atoms with Gasteiger partial charge in [0.25, 0.3) is 0 Å². The molecule has 0 radical (unpaired) electrons. The third kappa shape index (κ3) is 4.70. The van der Waals surface area contributed by atoms with Crippen LogP contribution >= 0.6 is 0 Å². The molecule has 1 rings (SSSR count). The van der Waals surface area contributed by atoms with Crippen molar-refractivity contribution < 1.29 is 13.3 Å². The highest BCUT2D eigenvalue weighted by Gasteiger charge is 2.48. The molecule has 126 valence electrons. The highest BCUT2D eigenvalue weighted by atomic mass is 28.4. The second kappa shape index (κ2) is 9.53. The lowest BCUT2D eigenvalue weighted by Crippen LogP contribution is -2.76. The van der Waals surface area contributed by atoms with E-state index in [1.165, 1.54) is 5.19 Å². The summed E-state index contributed by atoms with van der Waals surface area (Å²) in [5, 5.41) is 4.75. The number of nitrogens with one attached hydrogen (secondary N) is 2. The Morgan fingerprint density at radius 1 is 1.05 bits per heavy atom. The van der Waals surface area contributed by atoms with Gasteiger partial charge >= 0.3 is 8.97 Å². The Balaban J connectivity index is 3.13. The number of nitrogens with two attached hydrogens (primary N) is 1. The minimum atomic E-state index is -2.88. The molecule has 6 nitrogen and oxygen atoms in total. The highest BCUT2D eigenvalue weighted by molar-refractivity contribution is 6.96. The fourth-order valence-electron chi connectivity index (χ4n) is 2.49. The summed E-state index contributed by atoms with van der Waals surface area (Å²) in [4.78, 5) is 0. The normalized spacial score (nSPS) is 14.8. The van der Waals surface area contributed by atoms with Crippen molar-refractivity contribution in [1.82, 2.24) is 9.96 Å². The Kier molecular flexibility index (Phi) is 8.43. The standard InChI is InChI=1S/C14H29N3O3Si2/c1-5-21(13-16-12-11-15,14-9-7-6-8-10-14)17-22(18-2,19-3)20-4/h6-10,16-17H,5,11-13,15H2,1-4H3. The van der Waals surface area contributed by atoms with E-state index in [2.05, 4.69) is 41.2 Å². The molecular weight excluding hydrogens is 314 g/mol. The monoisotopic (exact) mass is 343 g/mol. The highest BCUT2D eigenvalue weighted by Crippen LogP contribution is 2.12. The van der Waals surface area contributed by atoms with Crippen LogP contribution in [0.3, 0.4) is 0 Å². The van der Waals surface area contributed by atoms with Gasteiger partial charge in [0.05, 0.1) is 0 Å². The molecule has 8 heteroatoms. The fourth-order valence-corrected chi connectivity index (χ4v) is 10.5. The zero-order valence-corrected chi connectivity index (χ0v) is 16.0. The Hall–Kier alpha value is -0.586. The summed E-state index contributed by atoms with van der Waals surface area (Å²) in [7, 11) is -0.114. The van der Waals surface area contributed by atoms with Crippen LogP contribution in [0.5, 0.6) is 0 Å². The van der Waals surface area contributed by atoms with Crippen molar-refractivity contribution in [3.8, 4) is 0 Å². The van der Waals surface area contributed by atoms with E-state index in [-0.39, 0.29) is 0 Å². The summed E-state index contributed by atoms with van der Waals surface area (Å²) < 4.78 is 20.4. The van der Waals surface area contributed by atoms with E-state index < -0.39 is 17.2 Å². The first-order valence-electron chi connectivity index (χ1n) is 7.53. The van der Waals surface area contributed by atoms with E-state index in [0.29, 0.717) is 6.54 Å². The Morgan fingerprint density at radius 3 is 2.09 bits per heavy atom. The van der Waals surface area contributed by atoms with Crippen LogP contribution in [0.2, 0.25) is 6.04 Å². The Labute approximate surface area is 135 Å². The van der Waals surface area contributed by atoms with Crippen molar-refractivity contribution in [2.24, 2.45) is 5.73 Å². The van der Waals surface area contributed by atoms with Crippen molar-refractivity contribution in [2.45, 2.75) is 13.0 Å². The smallest absolute Gasteiger partial charge is 0.365 e. The SMILES string of the molecule is CC[Si](CNCCN)(N[Si](OC)(OC)OC)c1ccccc1. The minimum absolute atomic E-state index is 0.615. The maximum absolute atomic E-state index is 5.61. The van der Waals surface area contributed by atoms with E-state index in [4.69, 9.17) is 19.0 Å². The van der Waals surface area contributed by atoms with Crippen LogP contribution in [0.15, 0.2) is 30.3 Å². The molecule has 0 aliphatic carbocycles. The lowest BCUT2D eigenvalue weighted by atomic mass is 10.4. The van der Waals surface area contributed by atoms with Gasteiger partial charge in [0, 0.05) is 40.6 Å². The first kappa shape index (κ1) is 19.5. The van der Waals surface area contributed by atoms with Crippen LogP contribution in [0.25, 0.3) is 0 Å². The maximum Gasteiger partial charge on any atom is 0.589 e. The van der Waals surface area contributed by atoms with Gasteiger partial charge in [0.1, 0.15) is 0 Å². The van der Waals surface area contributed by atoms with Crippen molar-refractivity contribution in [3.63, 3.8) is 0 Å². The summed E-state index contributed by atoms with van der Waals surface area (Å²) in [5.41, 5.74) is 5.61. The van der Waals surface area contributed by atoms with E-state index in [1.807, 2.05) is 6.07 Å². The molecule has 0 spiro atoms. The Morgan fingerprint density at radius 2 is 1.64 bits per heavy atom. The van der Waals surface area contributed by atoms with Gasteiger partial charge in [0.2, 0.25) is 0 Å². The summed E-state index contributed by atoms with van der Waals surface area (Å²) in [6, 6.07) is 11.5. The topological polar surface area (TPSA) is 77.8 Å². The summed E-state index contributed by atoms with van der Waals surface area (Å²) in [6.45, 7) is 3.59. The molecule has 0 saturated heterocycles. The largest absolute Gasteiger partial charge is 0.589 e. The average Bonchev–Trinajstić information content (AvgIpc) is 2.59. The van der Waals surface area contributed by atoms with E-state index >= 15 is 0 Å². The summed E-state index contributed by atoms with van der Waals surface area (Å²) >= 11 is 0. The number of hydrogen-bond acceptors (Lipinski definition) is 6. The van der Waals surface area contributed by atoms with Crippen LogP contribution < -0.4 is 20.9 Å². The molecule has 1 aromatic rings. The van der Waals surface area contributed by atoms with Gasteiger partial charge in [0.15, 0.2) is 8.24 Å². The average molecular weight is 344 g/mol. The quantitative estimate of drug-likeness (QED) is 0.385. The second-order valence-electron chi connectivity index (χ2n) is 5.06. The van der Waals surface area contributed by atoms with Gasteiger partial charge in [-0.25, -0.2) is 0 Å². The zero-order valence-electron chi connectivity index (χ0n) is 14.0. The third-order valence-electron chi connectivity index (χ3n) is 3.88. The molecule has 0 aliphatic heterocycles. The van der Waals surface area contributed by atoms with Gasteiger partial charge in [-0.1, -0.05) is 37.3 Å². The van der Waals surface area contributed by atoms with Gasteiger partial charge in [-0.15, -0.1) is 0 Å². The molecule has 1 unspecified atom stereocenters. The van der Waals surface area contributed by atoms with Crippen molar-refractivity contribution in [3.05, 3.63) is 30.3 Å². The molecule has 22 heavy (non-hydrogen) atoms. The van der Waals surface area contributed by atoms with E-state index in [9.17, 15) is 0 Å². The lowest BCUT2D eigenvalue weighted by molar-refractivity contribution is 0.118. The van der Waals surface area contributed by atoms with E-state index in [0.717, 1.165) is 18.8 Å². The molecule has 0 fully saturated rings. The van der Waals surface area contributed by atoms with E-state index in [1.54, 1.807) is 21.3 Å². The molecule has 0 aromatic heterocycles. The van der Waals surface area contributed by atoms with Gasteiger partial charge < -0.3 is 24.3 Å². The zero-order chi connectivity index (χ0) is 16.5. The predicted molar refractivity (Wildman–Crippen MR) is 94.2 cm³/mol. The molecule has 1 atom stereocenters. The number of hydrogen-bond donors (Lipinski definition) is 3. The van der Waals surface area contributed by atoms with Crippen LogP contribution in [-0.2, 0) is 13.3 Å².